The van der Waals surface area contributed by atoms with Crippen molar-refractivity contribution in [2.75, 3.05) is 13.2 Å². The lowest BCUT2D eigenvalue weighted by Crippen LogP contribution is -2.46. The van der Waals surface area contributed by atoms with Gasteiger partial charge in [0.15, 0.2) is 6.29 Å². The Hall–Kier alpha value is -0.970. The number of ether oxygens (including phenoxy) is 2. The average Bonchev–Trinajstić information content (AvgIpc) is 3.43. The SMILES string of the molecule is CC(C)N1CCCC12CCC(C(C)(CC1OCC(C(C)(C)C)O1)c1ccncc1)C2. The zero-order valence-electron chi connectivity index (χ0n) is 20.0. The summed E-state index contributed by atoms with van der Waals surface area (Å²) in [5.41, 5.74) is 1.94. The molecule has 4 rings (SSSR count). The minimum absolute atomic E-state index is 0.0368. The summed E-state index contributed by atoms with van der Waals surface area (Å²) in [7, 11) is 0. The number of likely N-dealkylation sites (tertiary alicyclic amines) is 1. The molecule has 3 aliphatic rings. The molecule has 2 aliphatic heterocycles. The van der Waals surface area contributed by atoms with Crippen LogP contribution < -0.4 is 0 Å². The molecule has 1 aliphatic carbocycles. The molecule has 5 atom stereocenters. The van der Waals surface area contributed by atoms with Crippen molar-refractivity contribution >= 4 is 0 Å². The van der Waals surface area contributed by atoms with Crippen LogP contribution in [0.25, 0.3) is 0 Å². The van der Waals surface area contributed by atoms with Crippen molar-refractivity contribution in [1.82, 2.24) is 9.88 Å². The Morgan fingerprint density at radius 1 is 1.17 bits per heavy atom. The largest absolute Gasteiger partial charge is 0.350 e. The van der Waals surface area contributed by atoms with Crippen molar-refractivity contribution in [2.45, 2.75) is 109 Å². The fourth-order valence-electron chi connectivity index (χ4n) is 6.52. The molecule has 0 radical (unpaired) electrons. The molecule has 1 spiro atoms. The Bertz CT molecular complexity index is 715. The summed E-state index contributed by atoms with van der Waals surface area (Å²) in [6.45, 7) is 15.9. The third kappa shape index (κ3) is 4.08. The van der Waals surface area contributed by atoms with E-state index in [1.165, 1.54) is 44.2 Å². The first-order valence-electron chi connectivity index (χ1n) is 12.1. The second kappa shape index (κ2) is 8.18. The highest BCUT2D eigenvalue weighted by atomic mass is 16.7. The molecule has 5 unspecified atom stereocenters. The van der Waals surface area contributed by atoms with Crippen molar-refractivity contribution in [3.05, 3.63) is 30.1 Å². The Labute approximate surface area is 183 Å². The summed E-state index contributed by atoms with van der Waals surface area (Å²) in [6.07, 6.45) is 11.5. The highest BCUT2D eigenvalue weighted by Crippen LogP contribution is 2.54. The normalized spacial score (nSPS) is 34.8. The van der Waals surface area contributed by atoms with E-state index >= 15 is 0 Å². The molecule has 0 N–H and O–H groups in total. The van der Waals surface area contributed by atoms with E-state index in [0.29, 0.717) is 24.1 Å². The first-order chi connectivity index (χ1) is 14.1. The zero-order chi connectivity index (χ0) is 21.6. The summed E-state index contributed by atoms with van der Waals surface area (Å²) in [5.74, 6) is 0.639. The molecule has 1 aromatic heterocycles. The molecular formula is C26H42N2O2. The number of hydrogen-bond donors (Lipinski definition) is 0. The van der Waals surface area contributed by atoms with E-state index in [9.17, 15) is 0 Å². The van der Waals surface area contributed by atoms with Crippen LogP contribution in [-0.2, 0) is 14.9 Å². The predicted molar refractivity (Wildman–Crippen MR) is 121 cm³/mol. The van der Waals surface area contributed by atoms with Crippen LogP contribution in [0.1, 0.15) is 85.6 Å². The predicted octanol–water partition coefficient (Wildman–Crippen LogP) is 5.56. The third-order valence-electron chi connectivity index (χ3n) is 8.41. The second-order valence-corrected chi connectivity index (χ2v) is 11.7. The Kier molecular flexibility index (Phi) is 6.06. The van der Waals surface area contributed by atoms with Gasteiger partial charge in [-0.25, -0.2) is 0 Å². The van der Waals surface area contributed by atoms with Gasteiger partial charge in [-0.2, -0.15) is 0 Å². The van der Waals surface area contributed by atoms with Gasteiger partial charge in [0, 0.05) is 35.8 Å². The van der Waals surface area contributed by atoms with E-state index in [-0.39, 0.29) is 23.2 Å². The molecule has 0 amide bonds. The smallest absolute Gasteiger partial charge is 0.159 e. The fraction of sp³-hybridized carbons (Fsp3) is 0.808. The van der Waals surface area contributed by atoms with E-state index in [1.54, 1.807) is 0 Å². The van der Waals surface area contributed by atoms with Gasteiger partial charge in [0.05, 0.1) is 12.7 Å². The fourth-order valence-corrected chi connectivity index (χ4v) is 6.52. The third-order valence-corrected chi connectivity index (χ3v) is 8.41. The summed E-state index contributed by atoms with van der Waals surface area (Å²) in [6, 6.07) is 5.07. The summed E-state index contributed by atoms with van der Waals surface area (Å²) in [5, 5.41) is 0. The van der Waals surface area contributed by atoms with Gasteiger partial charge >= 0.3 is 0 Å². The Balaban J connectivity index is 1.57. The van der Waals surface area contributed by atoms with Crippen LogP contribution >= 0.6 is 0 Å². The van der Waals surface area contributed by atoms with Crippen LogP contribution in [0, 0.1) is 11.3 Å². The Morgan fingerprint density at radius 3 is 2.53 bits per heavy atom. The average molecular weight is 415 g/mol. The van der Waals surface area contributed by atoms with Crippen LogP contribution in [0.3, 0.4) is 0 Å². The molecule has 0 bridgehead atoms. The summed E-state index contributed by atoms with van der Waals surface area (Å²) < 4.78 is 12.6. The molecule has 3 heterocycles. The van der Waals surface area contributed by atoms with E-state index in [1.807, 2.05) is 12.4 Å². The summed E-state index contributed by atoms with van der Waals surface area (Å²) >= 11 is 0. The number of hydrogen-bond acceptors (Lipinski definition) is 4. The molecular weight excluding hydrogens is 372 g/mol. The molecule has 1 saturated carbocycles. The summed E-state index contributed by atoms with van der Waals surface area (Å²) in [4.78, 5) is 7.10. The minimum Gasteiger partial charge on any atom is -0.350 e. The van der Waals surface area contributed by atoms with Crippen LogP contribution in [-0.4, -0.2) is 47.0 Å². The van der Waals surface area contributed by atoms with E-state index in [0.717, 1.165) is 6.42 Å². The highest BCUT2D eigenvalue weighted by Gasteiger charge is 2.53. The molecule has 4 nitrogen and oxygen atoms in total. The molecule has 1 aromatic rings. The second-order valence-electron chi connectivity index (χ2n) is 11.7. The first kappa shape index (κ1) is 22.2. The number of pyridine rings is 1. The van der Waals surface area contributed by atoms with Crippen molar-refractivity contribution in [2.24, 2.45) is 11.3 Å². The van der Waals surface area contributed by atoms with Crippen molar-refractivity contribution in [3.63, 3.8) is 0 Å². The van der Waals surface area contributed by atoms with Crippen LogP contribution in [0.4, 0.5) is 0 Å². The molecule has 0 aromatic carbocycles. The number of rotatable bonds is 5. The van der Waals surface area contributed by atoms with E-state index in [4.69, 9.17) is 9.47 Å². The van der Waals surface area contributed by atoms with Gasteiger partial charge in [-0.3, -0.25) is 9.88 Å². The van der Waals surface area contributed by atoms with E-state index in [2.05, 4.69) is 63.6 Å². The van der Waals surface area contributed by atoms with Crippen molar-refractivity contribution in [3.8, 4) is 0 Å². The van der Waals surface area contributed by atoms with Gasteiger partial charge in [0.25, 0.3) is 0 Å². The Morgan fingerprint density at radius 2 is 1.90 bits per heavy atom. The zero-order valence-corrected chi connectivity index (χ0v) is 20.0. The lowest BCUT2D eigenvalue weighted by molar-refractivity contribution is -0.0949. The quantitative estimate of drug-likeness (QED) is 0.632. The standard InChI is InChI=1S/C26H42N2O2/c1-19(2)28-15-7-11-26(28)12-8-21(16-26)25(6,20-9-13-27-14-10-20)17-23-29-18-22(30-23)24(3,4)5/h9-10,13-14,19,21-23H,7-8,11-12,15-18H2,1-6H3. The first-order valence-corrected chi connectivity index (χ1v) is 12.1. The number of aromatic nitrogens is 1. The molecule has 2 saturated heterocycles. The van der Waals surface area contributed by atoms with Crippen LogP contribution in [0.15, 0.2) is 24.5 Å². The lowest BCUT2D eigenvalue weighted by atomic mass is 9.68. The monoisotopic (exact) mass is 414 g/mol. The van der Waals surface area contributed by atoms with E-state index < -0.39 is 0 Å². The van der Waals surface area contributed by atoms with Gasteiger partial charge in [0.1, 0.15) is 0 Å². The molecule has 168 valence electrons. The van der Waals surface area contributed by atoms with Crippen LogP contribution in [0.2, 0.25) is 0 Å². The molecule has 4 heteroatoms. The molecule has 30 heavy (non-hydrogen) atoms. The maximum absolute atomic E-state index is 6.43. The van der Waals surface area contributed by atoms with Gasteiger partial charge in [-0.05, 0) is 81.5 Å². The molecule has 3 fully saturated rings. The van der Waals surface area contributed by atoms with Crippen molar-refractivity contribution in [1.29, 1.82) is 0 Å². The maximum atomic E-state index is 6.43. The van der Waals surface area contributed by atoms with Gasteiger partial charge < -0.3 is 9.47 Å². The lowest BCUT2D eigenvalue weighted by Gasteiger charge is -2.42. The topological polar surface area (TPSA) is 34.6 Å². The van der Waals surface area contributed by atoms with Gasteiger partial charge in [-0.1, -0.05) is 27.7 Å². The van der Waals surface area contributed by atoms with Gasteiger partial charge in [-0.15, -0.1) is 0 Å². The van der Waals surface area contributed by atoms with Crippen molar-refractivity contribution < 1.29 is 9.47 Å². The maximum Gasteiger partial charge on any atom is 0.159 e. The highest BCUT2D eigenvalue weighted by molar-refractivity contribution is 5.25. The minimum atomic E-state index is -0.117. The van der Waals surface area contributed by atoms with Gasteiger partial charge in [0.2, 0.25) is 0 Å². The number of nitrogens with zero attached hydrogens (tertiary/aromatic N) is 2. The van der Waals surface area contributed by atoms with Crippen LogP contribution in [0.5, 0.6) is 0 Å².